The molecule has 1 saturated heterocycles. The van der Waals surface area contributed by atoms with Gasteiger partial charge in [-0.15, -0.1) is 0 Å². The molecule has 6 heteroatoms. The smallest absolute Gasteiger partial charge is 0.458 e. The van der Waals surface area contributed by atoms with Crippen molar-refractivity contribution in [3.63, 3.8) is 0 Å². The zero-order valence-corrected chi connectivity index (χ0v) is 17.1. The van der Waals surface area contributed by atoms with Gasteiger partial charge in [-0.3, -0.25) is 0 Å². The fourth-order valence-electron chi connectivity index (χ4n) is 2.90. The van der Waals surface area contributed by atoms with Crippen molar-refractivity contribution in [3.8, 4) is 0 Å². The maximum absolute atomic E-state index is 13.0. The zero-order valence-electron chi connectivity index (χ0n) is 17.1. The van der Waals surface area contributed by atoms with E-state index in [0.717, 1.165) is 0 Å². The molecule has 0 radical (unpaired) electrons. The number of hydrogen-bond donors (Lipinski definition) is 1. The van der Waals surface area contributed by atoms with Gasteiger partial charge in [0.15, 0.2) is 5.60 Å². The van der Waals surface area contributed by atoms with Crippen molar-refractivity contribution in [3.05, 3.63) is 35.9 Å². The lowest BCUT2D eigenvalue weighted by molar-refractivity contribution is -0.179. The van der Waals surface area contributed by atoms with E-state index >= 15 is 0 Å². The first kappa shape index (κ1) is 20.9. The van der Waals surface area contributed by atoms with Gasteiger partial charge in [-0.05, 0) is 54.0 Å². The van der Waals surface area contributed by atoms with Gasteiger partial charge in [-0.25, -0.2) is 4.79 Å². The molecule has 0 spiro atoms. The van der Waals surface area contributed by atoms with Gasteiger partial charge in [-0.1, -0.05) is 37.3 Å². The Bertz CT molecular complexity index is 634. The van der Waals surface area contributed by atoms with E-state index in [1.165, 1.54) is 0 Å². The molecule has 1 aromatic rings. The highest BCUT2D eigenvalue weighted by atomic mass is 16.7. The Balaban J connectivity index is 2.43. The molecule has 2 rings (SSSR count). The third-order valence-electron chi connectivity index (χ3n) is 5.26. The molecule has 1 heterocycles. The third-order valence-corrected chi connectivity index (χ3v) is 5.26. The van der Waals surface area contributed by atoms with Crippen molar-refractivity contribution in [2.45, 2.75) is 83.6 Å². The predicted octanol–water partition coefficient (Wildman–Crippen LogP) is 3.70. The SMILES string of the molecule is C[C@@H](B1OC(C)(C)C(C)(C)O1)[C@](O)(C(=O)OC(C)(C)C)c1ccccc1. The average molecular weight is 362 g/mol. The fraction of sp³-hybridized carbons (Fsp3) is 0.650. The van der Waals surface area contributed by atoms with Gasteiger partial charge in [0.05, 0.1) is 11.2 Å². The normalized spacial score (nSPS) is 22.6. The van der Waals surface area contributed by atoms with E-state index in [2.05, 4.69) is 0 Å². The number of ether oxygens (including phenoxy) is 1. The van der Waals surface area contributed by atoms with Gasteiger partial charge in [0, 0.05) is 5.82 Å². The fourth-order valence-corrected chi connectivity index (χ4v) is 2.90. The largest absolute Gasteiger partial charge is 0.464 e. The van der Waals surface area contributed by atoms with Crippen LogP contribution in [-0.2, 0) is 24.4 Å². The highest BCUT2D eigenvalue weighted by Crippen LogP contribution is 2.46. The number of benzene rings is 1. The van der Waals surface area contributed by atoms with E-state index in [-0.39, 0.29) is 0 Å². The number of carbonyl (C=O) groups is 1. The maximum atomic E-state index is 13.0. The second-order valence-corrected chi connectivity index (χ2v) is 9.05. The van der Waals surface area contributed by atoms with E-state index in [1.54, 1.807) is 52.0 Å². The molecule has 0 saturated carbocycles. The lowest BCUT2D eigenvalue weighted by Gasteiger charge is -2.35. The molecule has 5 nitrogen and oxygen atoms in total. The molecular weight excluding hydrogens is 331 g/mol. The highest BCUT2D eigenvalue weighted by Gasteiger charge is 2.60. The minimum Gasteiger partial charge on any atom is -0.458 e. The van der Waals surface area contributed by atoms with Crippen molar-refractivity contribution in [1.82, 2.24) is 0 Å². The Morgan fingerprint density at radius 2 is 1.54 bits per heavy atom. The van der Waals surface area contributed by atoms with Crippen molar-refractivity contribution < 1.29 is 23.9 Å². The molecular formula is C20H31BO5. The van der Waals surface area contributed by atoms with Crippen LogP contribution in [0.4, 0.5) is 0 Å². The Kier molecular flexibility index (Phi) is 5.37. The van der Waals surface area contributed by atoms with E-state index in [0.29, 0.717) is 5.56 Å². The van der Waals surface area contributed by atoms with Crippen LogP contribution in [0.25, 0.3) is 0 Å². The van der Waals surface area contributed by atoms with E-state index in [4.69, 9.17) is 14.0 Å². The molecule has 1 aliphatic heterocycles. The van der Waals surface area contributed by atoms with Gasteiger partial charge in [0.25, 0.3) is 0 Å². The second-order valence-electron chi connectivity index (χ2n) is 9.05. The summed E-state index contributed by atoms with van der Waals surface area (Å²) >= 11 is 0. The maximum Gasteiger partial charge on any atom is 0.464 e. The molecule has 0 unspecified atom stereocenters. The van der Waals surface area contributed by atoms with Gasteiger partial charge in [0.1, 0.15) is 5.60 Å². The number of esters is 1. The number of hydrogen-bond acceptors (Lipinski definition) is 5. The molecule has 26 heavy (non-hydrogen) atoms. The molecule has 1 aliphatic rings. The molecule has 2 atom stereocenters. The zero-order chi connectivity index (χ0) is 20.0. The minimum absolute atomic E-state index is 0.455. The standard InChI is InChI=1S/C20H31BO5/c1-14(21-25-18(5,6)19(7,8)26-21)20(23,15-12-10-9-11-13-15)16(22)24-17(2,3)4/h9-14,23H,1-8H3/t14-,20-/m1/s1. The molecule has 0 bridgehead atoms. The molecule has 1 aromatic carbocycles. The van der Waals surface area contributed by atoms with E-state index < -0.39 is 41.3 Å². The number of aliphatic hydroxyl groups is 1. The third kappa shape index (κ3) is 3.82. The summed E-state index contributed by atoms with van der Waals surface area (Å²) in [4.78, 5) is 13.0. The lowest BCUT2D eigenvalue weighted by atomic mass is 9.61. The summed E-state index contributed by atoms with van der Waals surface area (Å²) in [5.41, 5.74) is -3.28. The molecule has 0 aromatic heterocycles. The molecule has 0 aliphatic carbocycles. The van der Waals surface area contributed by atoms with Crippen LogP contribution in [0.2, 0.25) is 5.82 Å². The van der Waals surface area contributed by atoms with Crippen molar-refractivity contribution in [1.29, 1.82) is 0 Å². The van der Waals surface area contributed by atoms with Gasteiger partial charge >= 0.3 is 13.1 Å². The Morgan fingerprint density at radius 1 is 1.08 bits per heavy atom. The van der Waals surface area contributed by atoms with Crippen molar-refractivity contribution >= 4 is 13.1 Å². The van der Waals surface area contributed by atoms with Gasteiger partial charge in [0.2, 0.25) is 0 Å². The number of carbonyl (C=O) groups excluding carboxylic acids is 1. The van der Waals surface area contributed by atoms with E-state index in [1.807, 2.05) is 33.8 Å². The summed E-state index contributed by atoms with van der Waals surface area (Å²) in [6.45, 7) is 14.8. The van der Waals surface area contributed by atoms with Crippen molar-refractivity contribution in [2.24, 2.45) is 0 Å². The second kappa shape index (κ2) is 6.66. The Labute approximate surface area is 157 Å². The first-order valence-electron chi connectivity index (χ1n) is 9.08. The van der Waals surface area contributed by atoms with Crippen LogP contribution >= 0.6 is 0 Å². The monoisotopic (exact) mass is 362 g/mol. The molecule has 144 valence electrons. The van der Waals surface area contributed by atoms with Crippen LogP contribution in [0.3, 0.4) is 0 Å². The van der Waals surface area contributed by atoms with Crippen LogP contribution < -0.4 is 0 Å². The topological polar surface area (TPSA) is 65.0 Å². The first-order valence-corrected chi connectivity index (χ1v) is 9.08. The summed E-state index contributed by atoms with van der Waals surface area (Å²) in [5, 5.41) is 11.5. The van der Waals surface area contributed by atoms with Crippen LogP contribution in [0.5, 0.6) is 0 Å². The Hall–Kier alpha value is -1.37. The Morgan fingerprint density at radius 3 is 1.96 bits per heavy atom. The lowest BCUT2D eigenvalue weighted by Crippen LogP contribution is -2.48. The molecule has 0 amide bonds. The predicted molar refractivity (Wildman–Crippen MR) is 102 cm³/mol. The summed E-state index contributed by atoms with van der Waals surface area (Å²) in [7, 11) is -0.752. The minimum atomic E-state index is -1.89. The summed E-state index contributed by atoms with van der Waals surface area (Å²) in [6, 6.07) is 8.82. The van der Waals surface area contributed by atoms with Crippen LogP contribution in [0.1, 0.15) is 61.0 Å². The highest BCUT2D eigenvalue weighted by molar-refractivity contribution is 6.48. The molecule has 1 fully saturated rings. The van der Waals surface area contributed by atoms with Crippen LogP contribution in [0, 0.1) is 0 Å². The van der Waals surface area contributed by atoms with Crippen molar-refractivity contribution in [2.75, 3.05) is 0 Å². The summed E-state index contributed by atoms with van der Waals surface area (Å²) in [5.74, 6) is -1.39. The van der Waals surface area contributed by atoms with Crippen LogP contribution in [0.15, 0.2) is 30.3 Å². The average Bonchev–Trinajstić information content (AvgIpc) is 2.73. The number of rotatable bonds is 4. The van der Waals surface area contributed by atoms with Gasteiger partial charge < -0.3 is 19.2 Å². The van der Waals surface area contributed by atoms with Gasteiger partial charge in [-0.2, -0.15) is 0 Å². The quantitative estimate of drug-likeness (QED) is 0.654. The van der Waals surface area contributed by atoms with E-state index in [9.17, 15) is 9.90 Å². The van der Waals surface area contributed by atoms with Crippen LogP contribution in [-0.4, -0.2) is 35.0 Å². The first-order chi connectivity index (χ1) is 11.7. The summed E-state index contributed by atoms with van der Waals surface area (Å²) < 4.78 is 17.7. The summed E-state index contributed by atoms with van der Waals surface area (Å²) in [6.07, 6.45) is 0. The molecule has 1 N–H and O–H groups in total.